The van der Waals surface area contributed by atoms with Crippen molar-refractivity contribution in [1.29, 1.82) is 5.26 Å². The lowest BCUT2D eigenvalue weighted by Gasteiger charge is -2.34. The number of piperazine rings is 1. The molecule has 0 bridgehead atoms. The number of benzene rings is 1. The van der Waals surface area contributed by atoms with Gasteiger partial charge in [-0.1, -0.05) is 0 Å². The Hall–Kier alpha value is -2.63. The van der Waals surface area contributed by atoms with E-state index in [-0.39, 0.29) is 29.9 Å². The van der Waals surface area contributed by atoms with E-state index in [1.54, 1.807) is 4.90 Å². The van der Waals surface area contributed by atoms with Crippen molar-refractivity contribution < 1.29 is 13.2 Å². The number of carbonyl (C=O) groups excluding carboxylic acids is 1. The Bertz CT molecular complexity index is 1050. The van der Waals surface area contributed by atoms with Crippen LogP contribution in [0.4, 0.5) is 0 Å². The van der Waals surface area contributed by atoms with Crippen molar-refractivity contribution in [3.05, 3.63) is 52.8 Å². The van der Waals surface area contributed by atoms with E-state index in [0.29, 0.717) is 24.2 Å². The second-order valence-corrected chi connectivity index (χ2v) is 9.52. The van der Waals surface area contributed by atoms with Crippen LogP contribution in [0.25, 0.3) is 0 Å². The highest BCUT2D eigenvalue weighted by Crippen LogP contribution is 2.23. The fourth-order valence-electron chi connectivity index (χ4n) is 3.94. The molecule has 0 N–H and O–H groups in total. The van der Waals surface area contributed by atoms with E-state index in [9.17, 15) is 13.2 Å². The van der Waals surface area contributed by atoms with Gasteiger partial charge in [-0.2, -0.15) is 9.57 Å². The summed E-state index contributed by atoms with van der Waals surface area (Å²) >= 11 is 0. The molecule has 2 heterocycles. The summed E-state index contributed by atoms with van der Waals surface area (Å²) in [6.45, 7) is 9.30. The normalized spacial score (nSPS) is 15.5. The average Bonchev–Trinajstić information content (AvgIpc) is 3.01. The van der Waals surface area contributed by atoms with E-state index in [0.717, 1.165) is 11.4 Å². The van der Waals surface area contributed by atoms with Crippen LogP contribution in [0.3, 0.4) is 0 Å². The zero-order valence-electron chi connectivity index (χ0n) is 17.2. The van der Waals surface area contributed by atoms with Crippen molar-refractivity contribution in [2.75, 3.05) is 26.2 Å². The van der Waals surface area contributed by atoms with E-state index in [1.165, 1.54) is 28.6 Å². The van der Waals surface area contributed by atoms with Crippen LogP contribution in [0.15, 0.2) is 35.2 Å². The zero-order chi connectivity index (χ0) is 21.3. The van der Waals surface area contributed by atoms with Crippen LogP contribution in [-0.2, 0) is 10.0 Å². The summed E-state index contributed by atoms with van der Waals surface area (Å²) in [6.07, 6.45) is 0. The lowest BCUT2D eigenvalue weighted by Crippen LogP contribution is -2.50. The first kappa shape index (κ1) is 21.1. The fraction of sp³-hybridized carbons (Fsp3) is 0.429. The van der Waals surface area contributed by atoms with Crippen LogP contribution >= 0.6 is 0 Å². The topological polar surface area (TPSA) is 86.4 Å². The molecule has 1 aromatic carbocycles. The van der Waals surface area contributed by atoms with Gasteiger partial charge in [0.2, 0.25) is 10.0 Å². The van der Waals surface area contributed by atoms with Gasteiger partial charge in [0.1, 0.15) is 0 Å². The third-order valence-electron chi connectivity index (χ3n) is 5.38. The molecule has 7 nitrogen and oxygen atoms in total. The van der Waals surface area contributed by atoms with E-state index in [2.05, 4.69) is 18.4 Å². The Morgan fingerprint density at radius 1 is 1.07 bits per heavy atom. The summed E-state index contributed by atoms with van der Waals surface area (Å²) in [5.74, 6) is -0.0552. The molecule has 0 saturated carbocycles. The summed E-state index contributed by atoms with van der Waals surface area (Å²) in [4.78, 5) is 14.9. The quantitative estimate of drug-likeness (QED) is 0.770. The highest BCUT2D eigenvalue weighted by Gasteiger charge is 2.31. The Morgan fingerprint density at radius 3 is 2.14 bits per heavy atom. The lowest BCUT2D eigenvalue weighted by molar-refractivity contribution is 0.0697. The van der Waals surface area contributed by atoms with Crippen LogP contribution in [0.5, 0.6) is 0 Å². The molecule has 1 saturated heterocycles. The number of nitrogens with zero attached hydrogens (tertiary/aromatic N) is 4. The van der Waals surface area contributed by atoms with Gasteiger partial charge in [-0.25, -0.2) is 8.42 Å². The predicted molar refractivity (Wildman–Crippen MR) is 110 cm³/mol. The summed E-state index contributed by atoms with van der Waals surface area (Å²) in [5, 5.41) is 8.87. The number of rotatable bonds is 4. The van der Waals surface area contributed by atoms with Gasteiger partial charge in [0, 0.05) is 43.6 Å². The molecule has 8 heteroatoms. The molecular formula is C21H26N4O3S. The standard InChI is InChI=1S/C21H26N4O3S/c1-15(2)25-16(3)13-20(17(25)4)21(26)23-9-11-24(12-10-23)29(27,28)19-7-5-18(14-22)6-8-19/h5-8,13,15H,9-12H2,1-4H3. The Kier molecular flexibility index (Phi) is 5.82. The molecule has 1 fully saturated rings. The predicted octanol–water partition coefficient (Wildman–Crippen LogP) is 2.70. The molecule has 0 radical (unpaired) electrons. The summed E-state index contributed by atoms with van der Waals surface area (Å²) in [5.41, 5.74) is 3.08. The van der Waals surface area contributed by atoms with Gasteiger partial charge in [-0.15, -0.1) is 0 Å². The maximum atomic E-state index is 13.0. The minimum atomic E-state index is -3.64. The zero-order valence-corrected chi connectivity index (χ0v) is 18.0. The van der Waals surface area contributed by atoms with Crippen molar-refractivity contribution in [3.63, 3.8) is 0 Å². The molecule has 1 aromatic heterocycles. The van der Waals surface area contributed by atoms with Gasteiger partial charge in [0.05, 0.1) is 22.1 Å². The lowest BCUT2D eigenvalue weighted by atomic mass is 10.2. The van der Waals surface area contributed by atoms with Crippen molar-refractivity contribution >= 4 is 15.9 Å². The Morgan fingerprint density at radius 2 is 1.66 bits per heavy atom. The average molecular weight is 415 g/mol. The first-order valence-corrected chi connectivity index (χ1v) is 11.1. The van der Waals surface area contributed by atoms with Crippen LogP contribution in [0.2, 0.25) is 0 Å². The van der Waals surface area contributed by atoms with Crippen LogP contribution in [0, 0.1) is 25.2 Å². The van der Waals surface area contributed by atoms with Crippen LogP contribution in [0.1, 0.15) is 47.2 Å². The number of amides is 1. The second-order valence-electron chi connectivity index (χ2n) is 7.58. The number of aromatic nitrogens is 1. The Balaban J connectivity index is 1.72. The molecule has 1 aliphatic rings. The van der Waals surface area contributed by atoms with E-state index in [1.807, 2.05) is 26.0 Å². The van der Waals surface area contributed by atoms with E-state index >= 15 is 0 Å². The molecule has 29 heavy (non-hydrogen) atoms. The minimum absolute atomic E-state index is 0.0552. The van der Waals surface area contributed by atoms with Gasteiger partial charge < -0.3 is 9.47 Å². The van der Waals surface area contributed by atoms with E-state index < -0.39 is 10.0 Å². The maximum absolute atomic E-state index is 13.0. The molecular weight excluding hydrogens is 388 g/mol. The third kappa shape index (κ3) is 3.93. The third-order valence-corrected chi connectivity index (χ3v) is 7.29. The number of sulfonamides is 1. The van der Waals surface area contributed by atoms with Crippen LogP contribution in [-0.4, -0.2) is 54.3 Å². The first-order chi connectivity index (χ1) is 13.7. The molecule has 0 atom stereocenters. The molecule has 154 valence electrons. The molecule has 1 amide bonds. The maximum Gasteiger partial charge on any atom is 0.255 e. The summed E-state index contributed by atoms with van der Waals surface area (Å²) < 4.78 is 29.2. The number of hydrogen-bond acceptors (Lipinski definition) is 4. The van der Waals surface area contributed by atoms with Crippen molar-refractivity contribution in [2.45, 2.75) is 38.6 Å². The van der Waals surface area contributed by atoms with Crippen molar-refractivity contribution in [1.82, 2.24) is 13.8 Å². The molecule has 1 aliphatic heterocycles. The number of aryl methyl sites for hydroxylation is 1. The molecule has 2 aromatic rings. The van der Waals surface area contributed by atoms with Gasteiger partial charge in [-0.3, -0.25) is 4.79 Å². The fourth-order valence-corrected chi connectivity index (χ4v) is 5.36. The Labute approximate surface area is 172 Å². The smallest absolute Gasteiger partial charge is 0.255 e. The highest BCUT2D eigenvalue weighted by atomic mass is 32.2. The van der Waals surface area contributed by atoms with Gasteiger partial charge >= 0.3 is 0 Å². The van der Waals surface area contributed by atoms with Crippen molar-refractivity contribution in [2.24, 2.45) is 0 Å². The van der Waals surface area contributed by atoms with Gasteiger partial charge in [0.25, 0.3) is 5.91 Å². The SMILES string of the molecule is Cc1cc(C(=O)N2CCN(S(=O)(=O)c3ccc(C#N)cc3)CC2)c(C)n1C(C)C. The molecule has 3 rings (SSSR count). The largest absolute Gasteiger partial charge is 0.346 e. The molecule has 0 spiro atoms. The van der Waals surface area contributed by atoms with Gasteiger partial charge in [0.15, 0.2) is 0 Å². The minimum Gasteiger partial charge on any atom is -0.346 e. The van der Waals surface area contributed by atoms with Crippen LogP contribution < -0.4 is 0 Å². The van der Waals surface area contributed by atoms with Gasteiger partial charge in [-0.05, 0) is 58.0 Å². The summed E-state index contributed by atoms with van der Waals surface area (Å²) in [7, 11) is -3.64. The highest BCUT2D eigenvalue weighted by molar-refractivity contribution is 7.89. The monoisotopic (exact) mass is 414 g/mol. The van der Waals surface area contributed by atoms with E-state index in [4.69, 9.17) is 5.26 Å². The second kappa shape index (κ2) is 8.01. The molecule has 0 aliphatic carbocycles. The summed E-state index contributed by atoms with van der Waals surface area (Å²) in [6, 6.07) is 10.1. The number of nitriles is 1. The number of hydrogen-bond donors (Lipinski definition) is 0. The number of carbonyl (C=O) groups is 1. The van der Waals surface area contributed by atoms with Crippen molar-refractivity contribution in [3.8, 4) is 6.07 Å². The first-order valence-electron chi connectivity index (χ1n) is 9.65. The molecule has 0 unspecified atom stereocenters.